The molecule has 3 rings (SSSR count). The summed E-state index contributed by atoms with van der Waals surface area (Å²) in [4.78, 5) is 5.07. The van der Waals surface area contributed by atoms with Crippen LogP contribution in [0.5, 0.6) is 0 Å². The van der Waals surface area contributed by atoms with Crippen LogP contribution in [-0.2, 0) is 10.8 Å². The van der Waals surface area contributed by atoms with Crippen molar-refractivity contribution in [2.75, 3.05) is 0 Å². The highest BCUT2D eigenvalue weighted by Crippen LogP contribution is 2.46. The van der Waals surface area contributed by atoms with Crippen LogP contribution in [0, 0.1) is 0 Å². The third kappa shape index (κ3) is 2.78. The average Bonchev–Trinajstić information content (AvgIpc) is 2.99. The molecule has 0 bridgehead atoms. The van der Waals surface area contributed by atoms with E-state index in [-0.39, 0.29) is 10.8 Å². The molecule has 1 aliphatic carbocycles. The highest BCUT2D eigenvalue weighted by Gasteiger charge is 2.38. The maximum atomic E-state index is 5.07. The number of nitrogens with zero attached hydrogens (tertiary/aromatic N) is 1. The quantitative estimate of drug-likeness (QED) is 0.694. The van der Waals surface area contributed by atoms with Crippen LogP contribution < -0.4 is 0 Å². The van der Waals surface area contributed by atoms with E-state index in [1.54, 1.807) is 0 Å². The molecule has 0 saturated heterocycles. The molecular formula is C19H25NS. The van der Waals surface area contributed by atoms with Crippen molar-refractivity contribution in [1.29, 1.82) is 0 Å². The minimum atomic E-state index is 0.140. The first-order valence-corrected chi connectivity index (χ1v) is 8.92. The summed E-state index contributed by atoms with van der Waals surface area (Å²) in [5.41, 5.74) is 3.00. The second-order valence-electron chi connectivity index (χ2n) is 7.30. The smallest absolute Gasteiger partial charge is 0.103 e. The molecule has 0 unspecified atom stereocenters. The molecule has 2 heteroatoms. The van der Waals surface area contributed by atoms with Crippen LogP contribution in [0.1, 0.15) is 69.1 Å². The Balaban J connectivity index is 2.06. The van der Waals surface area contributed by atoms with Gasteiger partial charge in [0.25, 0.3) is 0 Å². The van der Waals surface area contributed by atoms with Crippen molar-refractivity contribution in [3.63, 3.8) is 0 Å². The van der Waals surface area contributed by atoms with E-state index in [0.717, 1.165) is 0 Å². The van der Waals surface area contributed by atoms with E-state index in [1.165, 1.54) is 48.4 Å². The van der Waals surface area contributed by atoms with Crippen LogP contribution in [0.4, 0.5) is 0 Å². The van der Waals surface area contributed by atoms with Gasteiger partial charge in [-0.2, -0.15) is 0 Å². The van der Waals surface area contributed by atoms with E-state index < -0.39 is 0 Å². The number of thiazole rings is 1. The van der Waals surface area contributed by atoms with Crippen LogP contribution in [-0.4, -0.2) is 4.98 Å². The van der Waals surface area contributed by atoms with E-state index in [2.05, 4.69) is 56.5 Å². The fraction of sp³-hybridized carbons (Fsp3) is 0.526. The van der Waals surface area contributed by atoms with Gasteiger partial charge in [0, 0.05) is 16.2 Å². The van der Waals surface area contributed by atoms with E-state index in [1.807, 2.05) is 11.3 Å². The maximum absolute atomic E-state index is 5.07. The fourth-order valence-corrected chi connectivity index (χ4v) is 4.70. The Bertz CT molecular complexity index is 586. The fourth-order valence-electron chi connectivity index (χ4n) is 3.38. The van der Waals surface area contributed by atoms with Crippen LogP contribution >= 0.6 is 11.3 Å². The summed E-state index contributed by atoms with van der Waals surface area (Å²) in [5, 5.41) is 3.60. The summed E-state index contributed by atoms with van der Waals surface area (Å²) < 4.78 is 0. The molecule has 1 nitrogen and oxygen atoms in total. The summed E-state index contributed by atoms with van der Waals surface area (Å²) in [6.45, 7) is 6.76. The number of aromatic nitrogens is 1. The summed E-state index contributed by atoms with van der Waals surface area (Å²) in [5.74, 6) is 0. The number of hydrogen-bond donors (Lipinski definition) is 0. The van der Waals surface area contributed by atoms with Gasteiger partial charge in [-0.15, -0.1) is 11.3 Å². The Labute approximate surface area is 132 Å². The van der Waals surface area contributed by atoms with Gasteiger partial charge in [0.15, 0.2) is 0 Å². The molecule has 21 heavy (non-hydrogen) atoms. The van der Waals surface area contributed by atoms with Gasteiger partial charge in [-0.3, -0.25) is 0 Å². The van der Waals surface area contributed by atoms with Gasteiger partial charge in [0.05, 0.1) is 5.69 Å². The van der Waals surface area contributed by atoms with Gasteiger partial charge in [-0.1, -0.05) is 70.4 Å². The second kappa shape index (κ2) is 5.57. The lowest BCUT2D eigenvalue weighted by atomic mass is 9.70. The van der Waals surface area contributed by atoms with Crippen molar-refractivity contribution in [2.24, 2.45) is 0 Å². The third-order valence-electron chi connectivity index (χ3n) is 4.72. The van der Waals surface area contributed by atoms with Crippen molar-refractivity contribution >= 4 is 11.3 Å². The van der Waals surface area contributed by atoms with Crippen LogP contribution in [0.3, 0.4) is 0 Å². The summed E-state index contributed by atoms with van der Waals surface area (Å²) in [6, 6.07) is 11.0. The number of hydrogen-bond acceptors (Lipinski definition) is 2. The molecule has 0 aliphatic heterocycles. The molecule has 0 spiro atoms. The lowest BCUT2D eigenvalue weighted by Crippen LogP contribution is -2.30. The highest BCUT2D eigenvalue weighted by molar-refractivity contribution is 7.09. The first-order valence-electron chi connectivity index (χ1n) is 8.04. The van der Waals surface area contributed by atoms with Gasteiger partial charge in [0.2, 0.25) is 0 Å². The lowest BCUT2D eigenvalue weighted by molar-refractivity contribution is 0.343. The van der Waals surface area contributed by atoms with Gasteiger partial charge >= 0.3 is 0 Å². The Hall–Kier alpha value is -1.15. The Morgan fingerprint density at radius 1 is 1.00 bits per heavy atom. The largest absolute Gasteiger partial charge is 0.245 e. The summed E-state index contributed by atoms with van der Waals surface area (Å²) >= 11 is 1.87. The normalized spacial score (nSPS) is 18.6. The molecule has 1 saturated carbocycles. The lowest BCUT2D eigenvalue weighted by Gasteiger charge is -2.36. The Morgan fingerprint density at radius 3 is 2.24 bits per heavy atom. The van der Waals surface area contributed by atoms with Crippen LogP contribution in [0.2, 0.25) is 0 Å². The maximum Gasteiger partial charge on any atom is 0.103 e. The zero-order valence-corrected chi connectivity index (χ0v) is 14.2. The molecule has 0 atom stereocenters. The van der Waals surface area contributed by atoms with Crippen LogP contribution in [0.15, 0.2) is 35.7 Å². The molecule has 1 aliphatic rings. The molecule has 0 N–H and O–H groups in total. The van der Waals surface area contributed by atoms with Gasteiger partial charge < -0.3 is 0 Å². The SMILES string of the molecule is CC(C)(C)c1csc(C2(c3ccccc3)CCCCC2)n1. The van der Waals surface area contributed by atoms with E-state index in [9.17, 15) is 0 Å². The predicted molar refractivity (Wildman–Crippen MR) is 91.1 cm³/mol. The zero-order chi connectivity index (χ0) is 14.9. The van der Waals surface area contributed by atoms with Crippen molar-refractivity contribution in [3.8, 4) is 0 Å². The Kier molecular flexibility index (Phi) is 3.92. The van der Waals surface area contributed by atoms with E-state index in [4.69, 9.17) is 4.98 Å². The minimum Gasteiger partial charge on any atom is -0.245 e. The first-order chi connectivity index (χ1) is 10.0. The number of benzene rings is 1. The van der Waals surface area contributed by atoms with Crippen molar-refractivity contribution < 1.29 is 0 Å². The zero-order valence-electron chi connectivity index (χ0n) is 13.4. The molecular weight excluding hydrogens is 274 g/mol. The standard InChI is InChI=1S/C19H25NS/c1-18(2,3)16-14-21-17(20-16)19(12-8-5-9-13-19)15-10-6-4-7-11-15/h4,6-7,10-11,14H,5,8-9,12-13H2,1-3H3. The van der Waals surface area contributed by atoms with Crippen molar-refractivity contribution in [2.45, 2.75) is 63.7 Å². The highest BCUT2D eigenvalue weighted by atomic mass is 32.1. The molecule has 0 radical (unpaired) electrons. The van der Waals surface area contributed by atoms with Crippen LogP contribution in [0.25, 0.3) is 0 Å². The average molecular weight is 299 g/mol. The monoisotopic (exact) mass is 299 g/mol. The molecule has 112 valence electrons. The topological polar surface area (TPSA) is 12.9 Å². The molecule has 1 fully saturated rings. The molecule has 1 aromatic carbocycles. The van der Waals surface area contributed by atoms with Gasteiger partial charge in [-0.05, 0) is 18.4 Å². The number of rotatable bonds is 2. The second-order valence-corrected chi connectivity index (χ2v) is 8.15. The van der Waals surface area contributed by atoms with Crippen molar-refractivity contribution in [1.82, 2.24) is 4.98 Å². The molecule has 1 aromatic heterocycles. The van der Waals surface area contributed by atoms with E-state index >= 15 is 0 Å². The summed E-state index contributed by atoms with van der Waals surface area (Å²) in [7, 11) is 0. The molecule has 1 heterocycles. The minimum absolute atomic E-state index is 0.140. The first kappa shape index (κ1) is 14.8. The van der Waals surface area contributed by atoms with Crippen molar-refractivity contribution in [3.05, 3.63) is 52.0 Å². The third-order valence-corrected chi connectivity index (χ3v) is 5.76. The predicted octanol–water partition coefficient (Wildman–Crippen LogP) is 5.69. The van der Waals surface area contributed by atoms with Gasteiger partial charge in [-0.25, -0.2) is 4.98 Å². The Morgan fingerprint density at radius 2 is 1.67 bits per heavy atom. The van der Waals surface area contributed by atoms with Gasteiger partial charge in [0.1, 0.15) is 5.01 Å². The summed E-state index contributed by atoms with van der Waals surface area (Å²) in [6.07, 6.45) is 6.49. The molecule has 2 aromatic rings. The molecule has 0 amide bonds. The van der Waals surface area contributed by atoms with E-state index in [0.29, 0.717) is 0 Å².